The van der Waals surface area contributed by atoms with E-state index >= 15 is 0 Å². The van der Waals surface area contributed by atoms with Crippen molar-refractivity contribution in [2.75, 3.05) is 4.93 Å². The molecule has 0 bridgehead atoms. The van der Waals surface area contributed by atoms with Gasteiger partial charge in [0.2, 0.25) is 3.79 Å². The smallest absolute Gasteiger partial charge is 0.228 e. The molecule has 12 heteroatoms. The molecule has 2 rings (SSSR count). The predicted molar refractivity (Wildman–Crippen MR) is 115 cm³/mol. The van der Waals surface area contributed by atoms with Gasteiger partial charge in [-0.25, -0.2) is 9.97 Å². The fraction of sp³-hybridized carbons (Fsp3) is 0.400. The van der Waals surface area contributed by atoms with Gasteiger partial charge in [0.25, 0.3) is 0 Å². The largest absolute Gasteiger partial charge is 0.233 e. The summed E-state index contributed by atoms with van der Waals surface area (Å²) in [4.78, 5) is 10.8. The maximum atomic E-state index is 5.59. The summed E-state index contributed by atoms with van der Waals surface area (Å²) >= 11 is 43.3. The van der Waals surface area contributed by atoms with Crippen molar-refractivity contribution in [2.45, 2.75) is 17.1 Å². The Morgan fingerprint density at radius 2 is 1.64 bits per heavy atom. The maximum Gasteiger partial charge on any atom is 0.228 e. The minimum absolute atomic E-state index is 0. The molecule has 2 aromatic heterocycles. The number of hydrogen-bond acceptors (Lipinski definition) is 4. The molecule has 0 aliphatic carbocycles. The van der Waals surface area contributed by atoms with Crippen molar-refractivity contribution >= 4 is 126 Å². The van der Waals surface area contributed by atoms with Crippen LogP contribution in [0.3, 0.4) is 0 Å². The molecule has 0 amide bonds. The van der Waals surface area contributed by atoms with Crippen LogP contribution in [-0.2, 0) is 9.67 Å². The molecular formula is C10H10Cl7IN2S2. The minimum atomic E-state index is -1.54. The lowest BCUT2D eigenvalue weighted by atomic mass is 10.6. The zero-order chi connectivity index (χ0) is 16.6. The third-order valence-electron chi connectivity index (χ3n) is 1.47. The van der Waals surface area contributed by atoms with Gasteiger partial charge in [0.1, 0.15) is 5.15 Å². The lowest BCUT2D eigenvalue weighted by molar-refractivity contribution is 1.27. The zero-order valence-electron chi connectivity index (χ0n) is 10.0. The normalized spacial score (nSPS) is 9.86. The van der Waals surface area contributed by atoms with Crippen LogP contribution in [0.1, 0.15) is 17.2 Å². The van der Waals surface area contributed by atoms with E-state index in [9.17, 15) is 0 Å². The topological polar surface area (TPSA) is 25.8 Å². The molecule has 0 aromatic carbocycles. The van der Waals surface area contributed by atoms with E-state index in [1.54, 1.807) is 6.20 Å². The Morgan fingerprint density at radius 3 is 1.82 bits per heavy atom. The fourth-order valence-corrected chi connectivity index (χ4v) is 3.92. The van der Waals surface area contributed by atoms with Crippen LogP contribution in [0.2, 0.25) is 14.1 Å². The Balaban J connectivity index is 0. The number of hydrogen-bond donors (Lipinski definition) is 0. The van der Waals surface area contributed by atoms with E-state index < -0.39 is 3.79 Å². The summed E-state index contributed by atoms with van der Waals surface area (Å²) < 4.78 is -0.723. The summed E-state index contributed by atoms with van der Waals surface area (Å²) in [5.74, 6) is 0.504. The molecule has 2 nitrogen and oxygen atoms in total. The Labute approximate surface area is 186 Å². The van der Waals surface area contributed by atoms with Crippen LogP contribution in [0.4, 0.5) is 0 Å². The van der Waals surface area contributed by atoms with Crippen molar-refractivity contribution < 1.29 is 0 Å². The highest BCUT2D eigenvalue weighted by Crippen LogP contribution is 2.45. The average molecular weight is 597 g/mol. The van der Waals surface area contributed by atoms with E-state index in [4.69, 9.17) is 81.2 Å². The molecule has 0 saturated carbocycles. The molecule has 0 radical (unpaired) electrons. The first-order chi connectivity index (χ1) is 9.74. The summed E-state index contributed by atoms with van der Waals surface area (Å²) in [6.45, 7) is 0. The number of rotatable bonds is 1. The number of nitrogens with zero attached hydrogens (tertiary/aromatic N) is 2. The molecule has 2 heterocycles. The number of alkyl halides is 5. The molecule has 0 spiro atoms. The van der Waals surface area contributed by atoms with E-state index in [0.29, 0.717) is 15.2 Å². The van der Waals surface area contributed by atoms with E-state index in [0.717, 1.165) is 16.2 Å². The fourth-order valence-electron chi connectivity index (χ4n) is 0.797. The molecule has 0 aliphatic rings. The summed E-state index contributed by atoms with van der Waals surface area (Å²) in [6.07, 6.45) is 1.68. The summed E-state index contributed by atoms with van der Waals surface area (Å²) in [7, 11) is 0. The summed E-state index contributed by atoms with van der Waals surface area (Å²) in [5, 5.41) is 0.139. The van der Waals surface area contributed by atoms with Crippen LogP contribution >= 0.6 is 126 Å². The number of thiazole rings is 2. The second kappa shape index (κ2) is 13.3. The van der Waals surface area contributed by atoms with Crippen molar-refractivity contribution in [3.05, 3.63) is 30.0 Å². The van der Waals surface area contributed by atoms with Gasteiger partial charge in [-0.05, 0) is 4.93 Å². The van der Waals surface area contributed by atoms with Gasteiger partial charge in [0.05, 0.1) is 10.8 Å². The van der Waals surface area contributed by atoms with Gasteiger partial charge in [-0.15, -0.1) is 34.3 Å². The zero-order valence-corrected chi connectivity index (χ0v) is 19.1. The van der Waals surface area contributed by atoms with Crippen LogP contribution in [0.5, 0.6) is 0 Å². The van der Waals surface area contributed by atoms with Crippen LogP contribution in [0.25, 0.3) is 0 Å². The highest BCUT2D eigenvalue weighted by atomic mass is 127. The van der Waals surface area contributed by atoms with E-state index in [2.05, 4.69) is 32.6 Å². The molecule has 22 heavy (non-hydrogen) atoms. The first-order valence-electron chi connectivity index (χ1n) is 4.67. The Bertz CT molecular complexity index is 542. The van der Waals surface area contributed by atoms with Crippen LogP contribution in [0, 0.1) is 0 Å². The van der Waals surface area contributed by atoms with Crippen molar-refractivity contribution in [2.24, 2.45) is 0 Å². The van der Waals surface area contributed by atoms with Crippen molar-refractivity contribution in [1.29, 1.82) is 0 Å². The van der Waals surface area contributed by atoms with Crippen LogP contribution in [0.15, 0.2) is 6.20 Å². The molecular weight excluding hydrogens is 587 g/mol. The molecule has 0 saturated heterocycles. The summed E-state index contributed by atoms with van der Waals surface area (Å²) in [6, 6.07) is 0. The van der Waals surface area contributed by atoms with Crippen molar-refractivity contribution in [1.82, 2.24) is 9.97 Å². The second-order valence-electron chi connectivity index (χ2n) is 2.80. The van der Waals surface area contributed by atoms with Crippen LogP contribution in [-0.4, -0.2) is 14.9 Å². The van der Waals surface area contributed by atoms with Gasteiger partial charge in [-0.3, -0.25) is 0 Å². The Kier molecular flexibility index (Phi) is 15.8. The first-order valence-corrected chi connectivity index (χ1v) is 11.3. The van der Waals surface area contributed by atoms with Crippen LogP contribution < -0.4 is 0 Å². The minimum Gasteiger partial charge on any atom is -0.233 e. The van der Waals surface area contributed by atoms with Gasteiger partial charge in [-0.2, -0.15) is 0 Å². The molecule has 2 aromatic rings. The molecule has 0 unspecified atom stereocenters. The van der Waals surface area contributed by atoms with Gasteiger partial charge >= 0.3 is 0 Å². The molecule has 0 fully saturated rings. The Morgan fingerprint density at radius 1 is 1.09 bits per heavy atom. The van der Waals surface area contributed by atoms with E-state index in [-0.39, 0.29) is 17.0 Å². The second-order valence-corrected chi connectivity index (χ2v) is 8.98. The maximum absolute atomic E-state index is 5.59. The predicted octanol–water partition coefficient (Wildman–Crippen LogP) is 8.50. The van der Waals surface area contributed by atoms with Gasteiger partial charge in [-0.1, -0.05) is 99.6 Å². The number of aromatic nitrogens is 2. The highest BCUT2D eigenvalue weighted by Gasteiger charge is 2.29. The van der Waals surface area contributed by atoms with Gasteiger partial charge in [0.15, 0.2) is 8.93 Å². The number of halogens is 8. The molecule has 0 atom stereocenters. The van der Waals surface area contributed by atoms with Crippen molar-refractivity contribution in [3.63, 3.8) is 0 Å². The lowest BCUT2D eigenvalue weighted by Crippen LogP contribution is -1.96. The molecule has 0 N–H and O–H groups in total. The third kappa shape index (κ3) is 10.1. The SMILES string of the molecule is C.CI.ClCc1cnc(Cl)s1.Clc1nc(Cl)c(C(Cl)(Cl)Cl)s1. The molecule has 0 aliphatic heterocycles. The van der Waals surface area contributed by atoms with E-state index in [1.165, 1.54) is 11.3 Å². The Hall–Kier alpha value is 2.02. The standard InChI is InChI=1S/C4Cl5NS.C4H3Cl2NS.CH3I.CH4/c5-2-1(4(7,8)9)11-3(6)10-2;5-1-3-2-7-4(6)8-3;1-2;/h;2H,1H2;1H3;1H4. The first kappa shape index (κ1) is 26.3. The summed E-state index contributed by atoms with van der Waals surface area (Å²) in [5.41, 5.74) is 0. The highest BCUT2D eigenvalue weighted by molar-refractivity contribution is 14.1. The van der Waals surface area contributed by atoms with Gasteiger partial charge in [0, 0.05) is 11.1 Å². The average Bonchev–Trinajstić information content (AvgIpc) is 2.97. The molecule has 128 valence electrons. The quantitative estimate of drug-likeness (QED) is 0.244. The lowest BCUT2D eigenvalue weighted by Gasteiger charge is -2.06. The van der Waals surface area contributed by atoms with Gasteiger partial charge < -0.3 is 0 Å². The monoisotopic (exact) mass is 594 g/mol. The van der Waals surface area contributed by atoms with Crippen molar-refractivity contribution in [3.8, 4) is 0 Å². The van der Waals surface area contributed by atoms with E-state index in [1.807, 2.05) is 4.93 Å². The third-order valence-corrected chi connectivity index (χ3v) is 5.60.